The van der Waals surface area contributed by atoms with Crippen LogP contribution in [0.1, 0.15) is 40.0 Å². The Morgan fingerprint density at radius 1 is 1.03 bits per heavy atom. The van der Waals surface area contributed by atoms with Crippen molar-refractivity contribution in [3.05, 3.63) is 48.5 Å². The van der Waals surface area contributed by atoms with Crippen molar-refractivity contribution in [2.75, 3.05) is 24.3 Å². The minimum atomic E-state index is -3.82. The van der Waals surface area contributed by atoms with E-state index in [1.54, 1.807) is 57.2 Å². The van der Waals surface area contributed by atoms with Crippen LogP contribution in [0.25, 0.3) is 0 Å². The van der Waals surface area contributed by atoms with Gasteiger partial charge in [0.2, 0.25) is 15.9 Å². The second-order valence-corrected chi connectivity index (χ2v) is 10.9. The number of anilines is 2. The summed E-state index contributed by atoms with van der Waals surface area (Å²) in [5.41, 5.74) is 0.0177. The summed E-state index contributed by atoms with van der Waals surface area (Å²) in [5.74, 6) is -0.0533. The fourth-order valence-electron chi connectivity index (χ4n) is 3.71. The Morgan fingerprint density at radius 2 is 1.74 bits per heavy atom. The number of nitrogens with one attached hydrogen (secondary N) is 2. The third-order valence-corrected chi connectivity index (χ3v) is 7.13. The molecule has 2 aromatic carbocycles. The van der Waals surface area contributed by atoms with Gasteiger partial charge >= 0.3 is 6.09 Å². The number of ether oxygens (including phenoxy) is 2. The molecular weight excluding hydrogens is 458 g/mol. The van der Waals surface area contributed by atoms with Crippen molar-refractivity contribution in [1.29, 1.82) is 0 Å². The maximum atomic E-state index is 13.2. The molecule has 1 aliphatic heterocycles. The van der Waals surface area contributed by atoms with Gasteiger partial charge < -0.3 is 14.8 Å². The molecule has 2 amide bonds. The van der Waals surface area contributed by atoms with E-state index in [-0.39, 0.29) is 11.4 Å². The molecule has 10 heteroatoms. The van der Waals surface area contributed by atoms with Crippen LogP contribution < -0.4 is 15.4 Å². The van der Waals surface area contributed by atoms with Gasteiger partial charge in [-0.2, -0.15) is 4.31 Å². The first-order chi connectivity index (χ1) is 16.0. The Labute approximate surface area is 200 Å². The highest BCUT2D eigenvalue weighted by atomic mass is 32.2. The highest BCUT2D eigenvalue weighted by Gasteiger charge is 2.37. The average molecular weight is 490 g/mol. The average Bonchev–Trinajstić information content (AvgIpc) is 2.78. The number of methoxy groups -OCH3 is 1. The van der Waals surface area contributed by atoms with Crippen molar-refractivity contribution < 1.29 is 27.5 Å². The van der Waals surface area contributed by atoms with Crippen LogP contribution in [-0.4, -0.2) is 50.0 Å². The summed E-state index contributed by atoms with van der Waals surface area (Å²) in [7, 11) is -2.36. The van der Waals surface area contributed by atoms with Gasteiger partial charge in [0.05, 0.1) is 17.7 Å². The molecule has 1 heterocycles. The van der Waals surface area contributed by atoms with Gasteiger partial charge in [-0.3, -0.25) is 10.1 Å². The number of hydrogen-bond acceptors (Lipinski definition) is 6. The first kappa shape index (κ1) is 25.5. The fourth-order valence-corrected chi connectivity index (χ4v) is 5.38. The number of rotatable bonds is 6. The molecule has 0 aromatic heterocycles. The molecule has 1 unspecified atom stereocenters. The van der Waals surface area contributed by atoms with Crippen LogP contribution in [0.15, 0.2) is 53.4 Å². The van der Waals surface area contributed by atoms with Crippen molar-refractivity contribution >= 4 is 33.4 Å². The molecule has 0 spiro atoms. The molecule has 1 fully saturated rings. The Hall–Kier alpha value is -3.11. The molecule has 0 aliphatic carbocycles. The minimum Gasteiger partial charge on any atom is -0.495 e. The van der Waals surface area contributed by atoms with Crippen LogP contribution in [-0.2, 0) is 19.6 Å². The summed E-state index contributed by atoms with van der Waals surface area (Å²) in [6.07, 6.45) is 1.17. The number of benzene rings is 2. The standard InChI is InChI=1S/C24H31N3O6S/c1-24(2,3)33-23(29)26-19-16-17(13-14-21(19)32-4)25-22(28)20-12-8-9-15-27(20)34(30,31)18-10-6-5-7-11-18/h5-7,10-11,13-14,16,20H,8-9,12,15H2,1-4H3,(H,25,28)(H,26,29). The van der Waals surface area contributed by atoms with Crippen LogP contribution in [0.3, 0.4) is 0 Å². The molecule has 3 rings (SSSR count). The monoisotopic (exact) mass is 489 g/mol. The molecule has 9 nitrogen and oxygen atoms in total. The smallest absolute Gasteiger partial charge is 0.412 e. The molecule has 0 saturated carbocycles. The van der Waals surface area contributed by atoms with Crippen LogP contribution in [0.5, 0.6) is 5.75 Å². The maximum Gasteiger partial charge on any atom is 0.412 e. The van der Waals surface area contributed by atoms with Crippen molar-refractivity contribution in [1.82, 2.24) is 4.31 Å². The van der Waals surface area contributed by atoms with Crippen LogP contribution in [0.4, 0.5) is 16.2 Å². The zero-order chi connectivity index (χ0) is 24.9. The van der Waals surface area contributed by atoms with Gasteiger partial charge in [-0.1, -0.05) is 24.6 Å². The Bertz CT molecular complexity index is 1130. The van der Waals surface area contributed by atoms with E-state index >= 15 is 0 Å². The molecule has 1 atom stereocenters. The minimum absolute atomic E-state index is 0.156. The Balaban J connectivity index is 1.80. The number of hydrogen-bond donors (Lipinski definition) is 2. The van der Waals surface area contributed by atoms with Crippen molar-refractivity contribution in [3.8, 4) is 5.75 Å². The summed E-state index contributed by atoms with van der Waals surface area (Å²) < 4.78 is 38.2. The molecule has 1 saturated heterocycles. The lowest BCUT2D eigenvalue weighted by Crippen LogP contribution is -2.49. The van der Waals surface area contributed by atoms with Crippen molar-refractivity contribution in [2.45, 2.75) is 56.6 Å². The van der Waals surface area contributed by atoms with Gasteiger partial charge in [-0.05, 0) is 63.9 Å². The molecule has 2 N–H and O–H groups in total. The van der Waals surface area contributed by atoms with Gasteiger partial charge in [-0.25, -0.2) is 13.2 Å². The third kappa shape index (κ3) is 6.27. The molecule has 0 bridgehead atoms. The zero-order valence-corrected chi connectivity index (χ0v) is 20.6. The molecule has 0 radical (unpaired) electrons. The number of piperidine rings is 1. The van der Waals surface area contributed by atoms with E-state index < -0.39 is 33.7 Å². The molecule has 184 valence electrons. The zero-order valence-electron chi connectivity index (χ0n) is 19.8. The van der Waals surface area contributed by atoms with Crippen LogP contribution in [0.2, 0.25) is 0 Å². The van der Waals surface area contributed by atoms with E-state index in [9.17, 15) is 18.0 Å². The van der Waals surface area contributed by atoms with E-state index in [0.717, 1.165) is 6.42 Å². The topological polar surface area (TPSA) is 114 Å². The predicted octanol–water partition coefficient (Wildman–Crippen LogP) is 4.22. The highest BCUT2D eigenvalue weighted by molar-refractivity contribution is 7.89. The summed E-state index contributed by atoms with van der Waals surface area (Å²) in [4.78, 5) is 25.5. The lowest BCUT2D eigenvalue weighted by molar-refractivity contribution is -0.120. The largest absolute Gasteiger partial charge is 0.495 e. The molecule has 1 aliphatic rings. The second-order valence-electron chi connectivity index (χ2n) is 8.97. The number of amides is 2. The van der Waals surface area contributed by atoms with E-state index in [4.69, 9.17) is 9.47 Å². The van der Waals surface area contributed by atoms with E-state index in [0.29, 0.717) is 30.0 Å². The number of sulfonamides is 1. The van der Waals surface area contributed by atoms with E-state index in [1.807, 2.05) is 0 Å². The Morgan fingerprint density at radius 3 is 2.38 bits per heavy atom. The quantitative estimate of drug-likeness (QED) is 0.628. The molecule has 34 heavy (non-hydrogen) atoms. The summed E-state index contributed by atoms with van der Waals surface area (Å²) in [5, 5.41) is 5.41. The van der Waals surface area contributed by atoms with Gasteiger partial charge in [0, 0.05) is 12.2 Å². The molecule has 2 aromatic rings. The van der Waals surface area contributed by atoms with Gasteiger partial charge in [0.15, 0.2) is 0 Å². The van der Waals surface area contributed by atoms with Crippen LogP contribution in [0, 0.1) is 0 Å². The Kier molecular flexibility index (Phi) is 7.83. The van der Waals surface area contributed by atoms with Crippen molar-refractivity contribution in [2.24, 2.45) is 0 Å². The first-order valence-corrected chi connectivity index (χ1v) is 12.5. The van der Waals surface area contributed by atoms with Crippen molar-refractivity contribution in [3.63, 3.8) is 0 Å². The fraction of sp³-hybridized carbons (Fsp3) is 0.417. The second kappa shape index (κ2) is 10.4. The highest BCUT2D eigenvalue weighted by Crippen LogP contribution is 2.30. The number of carbonyl (C=O) groups is 2. The first-order valence-electron chi connectivity index (χ1n) is 11.1. The summed E-state index contributed by atoms with van der Waals surface area (Å²) in [6, 6.07) is 12.0. The number of carbonyl (C=O) groups excluding carboxylic acids is 2. The van der Waals surface area contributed by atoms with Gasteiger partial charge in [-0.15, -0.1) is 0 Å². The molecular formula is C24H31N3O6S. The summed E-state index contributed by atoms with van der Waals surface area (Å²) in [6.45, 7) is 5.52. The number of nitrogens with zero attached hydrogens (tertiary/aromatic N) is 1. The maximum absolute atomic E-state index is 13.2. The van der Waals surface area contributed by atoms with E-state index in [2.05, 4.69) is 10.6 Å². The summed E-state index contributed by atoms with van der Waals surface area (Å²) >= 11 is 0. The SMILES string of the molecule is COc1ccc(NC(=O)C2CCCCN2S(=O)(=O)c2ccccc2)cc1NC(=O)OC(C)(C)C. The van der Waals surface area contributed by atoms with Gasteiger partial charge in [0.25, 0.3) is 0 Å². The third-order valence-electron chi connectivity index (χ3n) is 5.21. The lowest BCUT2D eigenvalue weighted by Gasteiger charge is -2.33. The normalized spacial score (nSPS) is 17.0. The lowest BCUT2D eigenvalue weighted by atomic mass is 10.0. The predicted molar refractivity (Wildman–Crippen MR) is 129 cm³/mol. The van der Waals surface area contributed by atoms with Gasteiger partial charge in [0.1, 0.15) is 17.4 Å². The van der Waals surface area contributed by atoms with Crippen LogP contribution >= 0.6 is 0 Å². The van der Waals surface area contributed by atoms with E-state index in [1.165, 1.54) is 23.5 Å².